The Morgan fingerprint density at radius 1 is 1.24 bits per heavy atom. The lowest BCUT2D eigenvalue weighted by Crippen LogP contribution is -2.26. The van der Waals surface area contributed by atoms with Gasteiger partial charge >= 0.3 is 0 Å². The van der Waals surface area contributed by atoms with Crippen molar-refractivity contribution < 1.29 is 13.5 Å². The molecule has 0 amide bonds. The molecule has 29 heavy (non-hydrogen) atoms. The molecular weight excluding hydrogens is 391 g/mol. The van der Waals surface area contributed by atoms with Crippen LogP contribution in [0, 0.1) is 12.7 Å². The maximum Gasteiger partial charge on any atom is 0.137 e. The zero-order valence-corrected chi connectivity index (χ0v) is 17.0. The van der Waals surface area contributed by atoms with Crippen LogP contribution in [0.2, 0.25) is 0 Å². The summed E-state index contributed by atoms with van der Waals surface area (Å²) < 4.78 is 36.0. The van der Waals surface area contributed by atoms with Crippen LogP contribution in [0.5, 0.6) is 0 Å². The summed E-state index contributed by atoms with van der Waals surface area (Å²) in [6.45, 7) is 3.58. The average molecular weight is 417 g/mol. The van der Waals surface area contributed by atoms with Crippen molar-refractivity contribution in [3.8, 4) is 0 Å². The fraction of sp³-hybridized carbons (Fsp3) is 0.286. The Morgan fingerprint density at radius 3 is 2.83 bits per heavy atom. The quantitative estimate of drug-likeness (QED) is 0.510. The smallest absolute Gasteiger partial charge is 0.137 e. The lowest BCUT2D eigenvalue weighted by molar-refractivity contribution is 0.488. The first-order valence-corrected chi connectivity index (χ1v) is 11.2. The van der Waals surface area contributed by atoms with Crippen LogP contribution in [-0.4, -0.2) is 39.5 Å². The second-order valence-electron chi connectivity index (χ2n) is 7.23. The van der Waals surface area contributed by atoms with Gasteiger partial charge < -0.3 is 16.0 Å². The van der Waals surface area contributed by atoms with Crippen LogP contribution in [0.3, 0.4) is 0 Å². The molecule has 3 aromatic rings. The molecule has 0 atom stereocenters. The number of nitrogens with zero attached hydrogens (tertiary/aromatic N) is 2. The first-order chi connectivity index (χ1) is 13.9. The first kappa shape index (κ1) is 19.9. The van der Waals surface area contributed by atoms with Gasteiger partial charge in [-0.15, -0.1) is 0 Å². The predicted octanol–water partition coefficient (Wildman–Crippen LogP) is 4.18. The number of rotatable bonds is 4. The molecule has 0 fully saturated rings. The third kappa shape index (κ3) is 3.76. The highest BCUT2D eigenvalue weighted by atomic mass is 32.3. The van der Waals surface area contributed by atoms with Gasteiger partial charge in [0, 0.05) is 32.2 Å². The van der Waals surface area contributed by atoms with Gasteiger partial charge in [-0.1, -0.05) is 24.3 Å². The van der Waals surface area contributed by atoms with Gasteiger partial charge in [-0.25, -0.2) is 9.37 Å². The molecule has 0 bridgehead atoms. The van der Waals surface area contributed by atoms with Crippen LogP contribution in [-0.2, 0) is 6.54 Å². The van der Waals surface area contributed by atoms with Gasteiger partial charge in [0.05, 0.1) is 27.2 Å². The molecule has 8 heteroatoms. The van der Waals surface area contributed by atoms with E-state index in [4.69, 9.17) is 10.7 Å². The molecule has 6 nitrogen and oxygen atoms in total. The highest BCUT2D eigenvalue weighted by Crippen LogP contribution is 2.51. The van der Waals surface area contributed by atoms with Gasteiger partial charge in [0.1, 0.15) is 11.6 Å². The van der Waals surface area contributed by atoms with Crippen LogP contribution in [0.4, 0.5) is 15.9 Å². The van der Waals surface area contributed by atoms with Gasteiger partial charge in [-0.05, 0) is 30.2 Å². The van der Waals surface area contributed by atoms with E-state index in [1.165, 1.54) is 0 Å². The van der Waals surface area contributed by atoms with Crippen LogP contribution in [0.25, 0.3) is 10.9 Å². The second-order valence-corrected chi connectivity index (χ2v) is 9.42. The Morgan fingerprint density at radius 2 is 2.03 bits per heavy atom. The van der Waals surface area contributed by atoms with Crippen molar-refractivity contribution in [3.05, 3.63) is 59.4 Å². The standard InChI is InChI=1S/C21H25FN4O2S/c1-14-6-7-16-20(21(14)22)17(24-9-8-23)12-19(25-16)26-10-11-29(27,28)18-5-3-2-4-15(18)13-26/h2-7,12,27-28H,8-11,13,23H2,1H3,(H,24,25). The summed E-state index contributed by atoms with van der Waals surface area (Å²) >= 11 is 0. The van der Waals surface area contributed by atoms with Crippen LogP contribution in [0.15, 0.2) is 47.4 Å². The molecule has 0 spiro atoms. The molecule has 0 radical (unpaired) electrons. The summed E-state index contributed by atoms with van der Waals surface area (Å²) in [6, 6.07) is 12.7. The molecular formula is C21H25FN4O2S. The number of halogens is 1. The molecule has 0 saturated heterocycles. The fourth-order valence-corrected chi connectivity index (χ4v) is 5.21. The molecule has 2 aromatic carbocycles. The Bertz CT molecular complexity index is 1060. The zero-order chi connectivity index (χ0) is 20.6. The number of hydrogen-bond acceptors (Lipinski definition) is 6. The topological polar surface area (TPSA) is 94.6 Å². The molecule has 1 aliphatic heterocycles. The van der Waals surface area contributed by atoms with Gasteiger partial charge in [-0.3, -0.25) is 9.11 Å². The Labute approximate surface area is 170 Å². The number of nitrogens with two attached hydrogens (primary N) is 1. The normalized spacial score (nSPS) is 16.9. The zero-order valence-electron chi connectivity index (χ0n) is 16.2. The van der Waals surface area contributed by atoms with Gasteiger partial charge in [0.15, 0.2) is 0 Å². The van der Waals surface area contributed by atoms with E-state index in [-0.39, 0.29) is 11.6 Å². The summed E-state index contributed by atoms with van der Waals surface area (Å²) in [5.74, 6) is 0.584. The van der Waals surface area contributed by atoms with Crippen molar-refractivity contribution >= 4 is 33.0 Å². The Balaban J connectivity index is 1.81. The van der Waals surface area contributed by atoms with Crippen molar-refractivity contribution in [1.29, 1.82) is 0 Å². The number of pyridine rings is 1. The molecule has 154 valence electrons. The van der Waals surface area contributed by atoms with E-state index in [2.05, 4.69) is 5.32 Å². The Kier molecular flexibility index (Phi) is 5.35. The van der Waals surface area contributed by atoms with E-state index in [1.807, 2.05) is 35.2 Å². The van der Waals surface area contributed by atoms with Crippen LogP contribution < -0.4 is 16.0 Å². The molecule has 0 aliphatic carbocycles. The third-order valence-corrected chi connectivity index (χ3v) is 7.06. The number of aryl methyl sites for hydroxylation is 1. The fourth-order valence-electron chi connectivity index (χ4n) is 3.67. The summed E-state index contributed by atoms with van der Waals surface area (Å²) in [5, 5.41) is 3.66. The maximum absolute atomic E-state index is 14.8. The van der Waals surface area contributed by atoms with Crippen molar-refractivity contribution in [2.45, 2.75) is 18.4 Å². The van der Waals surface area contributed by atoms with E-state index in [1.54, 1.807) is 19.1 Å². The molecule has 1 aliphatic rings. The number of aromatic nitrogens is 1. The third-order valence-electron chi connectivity index (χ3n) is 5.21. The summed E-state index contributed by atoms with van der Waals surface area (Å²) in [5.41, 5.74) is 8.24. The van der Waals surface area contributed by atoms with Crippen molar-refractivity contribution in [2.24, 2.45) is 5.73 Å². The lowest BCUT2D eigenvalue weighted by atomic mass is 10.1. The van der Waals surface area contributed by atoms with E-state index in [9.17, 15) is 13.5 Å². The minimum atomic E-state index is -2.86. The maximum atomic E-state index is 14.8. The highest BCUT2D eigenvalue weighted by molar-refractivity contribution is 8.24. The highest BCUT2D eigenvalue weighted by Gasteiger charge is 2.27. The molecule has 2 heterocycles. The molecule has 0 saturated carbocycles. The van der Waals surface area contributed by atoms with Crippen molar-refractivity contribution in [1.82, 2.24) is 4.98 Å². The van der Waals surface area contributed by atoms with Gasteiger partial charge in [-0.2, -0.15) is 10.6 Å². The SMILES string of the molecule is Cc1ccc2nc(N3CCS(O)(O)c4ccccc4C3)cc(NCCN)c2c1F. The van der Waals surface area contributed by atoms with Gasteiger partial charge in [0.2, 0.25) is 0 Å². The van der Waals surface area contributed by atoms with E-state index in [0.717, 1.165) is 5.56 Å². The second kappa shape index (κ2) is 7.79. The van der Waals surface area contributed by atoms with E-state index >= 15 is 0 Å². The van der Waals surface area contributed by atoms with Crippen molar-refractivity contribution in [3.63, 3.8) is 0 Å². The summed E-state index contributed by atoms with van der Waals surface area (Å²) in [6.07, 6.45) is 0. The first-order valence-electron chi connectivity index (χ1n) is 9.53. The molecule has 5 N–H and O–H groups in total. The largest absolute Gasteiger partial charge is 0.383 e. The van der Waals surface area contributed by atoms with Crippen LogP contribution >= 0.6 is 10.6 Å². The minimum Gasteiger partial charge on any atom is -0.383 e. The number of anilines is 2. The minimum absolute atomic E-state index is 0.220. The van der Waals surface area contributed by atoms with E-state index in [0.29, 0.717) is 59.0 Å². The number of nitrogens with one attached hydrogen (secondary N) is 1. The molecule has 0 unspecified atom stereocenters. The lowest BCUT2D eigenvalue weighted by Gasteiger charge is -2.32. The predicted molar refractivity (Wildman–Crippen MR) is 117 cm³/mol. The number of fused-ring (bicyclic) bond motifs is 2. The summed E-state index contributed by atoms with van der Waals surface area (Å²) in [4.78, 5) is 7.29. The van der Waals surface area contributed by atoms with E-state index < -0.39 is 10.6 Å². The van der Waals surface area contributed by atoms with Gasteiger partial charge in [0.25, 0.3) is 0 Å². The number of hydrogen-bond donors (Lipinski definition) is 4. The monoisotopic (exact) mass is 416 g/mol. The van der Waals surface area contributed by atoms with Crippen LogP contribution in [0.1, 0.15) is 11.1 Å². The summed E-state index contributed by atoms with van der Waals surface area (Å²) in [7, 11) is -2.86. The molecule has 4 rings (SSSR count). The Hall–Kier alpha value is -2.39. The van der Waals surface area contributed by atoms with Crippen molar-refractivity contribution in [2.75, 3.05) is 35.6 Å². The number of benzene rings is 2. The average Bonchev–Trinajstić information content (AvgIpc) is 2.85. The molecule has 1 aromatic heterocycles.